The Hall–Kier alpha value is -2.75. The smallest absolute Gasteiger partial charge is 0.269 e. The summed E-state index contributed by atoms with van der Waals surface area (Å²) >= 11 is 0. The molecule has 2 aromatic carbocycles. The molecule has 4 nitrogen and oxygen atoms in total. The Kier molecular flexibility index (Phi) is 3.60. The van der Waals surface area contributed by atoms with Gasteiger partial charge in [-0.1, -0.05) is 36.4 Å². The van der Waals surface area contributed by atoms with E-state index in [4.69, 9.17) is 4.74 Å². The number of carbonyl (C=O) groups is 1. The van der Waals surface area contributed by atoms with Crippen LogP contribution in [0.15, 0.2) is 60.2 Å². The van der Waals surface area contributed by atoms with Gasteiger partial charge in [0.2, 0.25) is 0 Å². The number of amides is 1. The Morgan fingerprint density at radius 3 is 2.62 bits per heavy atom. The highest BCUT2D eigenvalue weighted by atomic mass is 16.5. The van der Waals surface area contributed by atoms with Crippen LogP contribution in [-0.2, 0) is 4.79 Å². The predicted molar refractivity (Wildman–Crippen MR) is 82.9 cm³/mol. The van der Waals surface area contributed by atoms with E-state index >= 15 is 0 Å². The van der Waals surface area contributed by atoms with Gasteiger partial charge in [-0.25, -0.2) is 0 Å². The topological polar surface area (TPSA) is 41.6 Å². The first-order valence-electron chi connectivity index (χ1n) is 6.76. The summed E-state index contributed by atoms with van der Waals surface area (Å²) in [5.74, 6) is 0.654. The maximum atomic E-state index is 12.3. The van der Waals surface area contributed by atoms with Crippen LogP contribution < -0.4 is 15.2 Å². The van der Waals surface area contributed by atoms with Gasteiger partial charge in [-0.3, -0.25) is 15.2 Å². The van der Waals surface area contributed by atoms with Crippen molar-refractivity contribution in [3.05, 3.63) is 65.7 Å². The molecule has 0 radical (unpaired) electrons. The number of fused-ring (bicyclic) bond motifs is 1. The summed E-state index contributed by atoms with van der Waals surface area (Å²) in [6, 6.07) is 17.3. The van der Waals surface area contributed by atoms with Crippen molar-refractivity contribution in [1.29, 1.82) is 0 Å². The molecule has 1 heterocycles. The van der Waals surface area contributed by atoms with E-state index in [9.17, 15) is 4.79 Å². The van der Waals surface area contributed by atoms with Gasteiger partial charge in [0, 0.05) is 12.6 Å². The maximum absolute atomic E-state index is 12.3. The molecular formula is C17H16N2O2. The molecule has 21 heavy (non-hydrogen) atoms. The van der Waals surface area contributed by atoms with E-state index in [1.165, 1.54) is 0 Å². The van der Waals surface area contributed by atoms with Gasteiger partial charge in [0.15, 0.2) is 0 Å². The number of hydrogen-bond acceptors (Lipinski definition) is 3. The van der Waals surface area contributed by atoms with Crippen LogP contribution in [0.5, 0.6) is 5.75 Å². The molecule has 0 atom stereocenters. The molecule has 4 heteroatoms. The number of ether oxygens (including phenoxy) is 1. The molecule has 0 aliphatic carbocycles. The lowest BCUT2D eigenvalue weighted by atomic mass is 10.1. The second kappa shape index (κ2) is 5.71. The first kappa shape index (κ1) is 13.2. The van der Waals surface area contributed by atoms with Crippen molar-refractivity contribution in [2.45, 2.75) is 0 Å². The van der Waals surface area contributed by atoms with Gasteiger partial charge in [0.25, 0.3) is 5.91 Å². The van der Waals surface area contributed by atoms with Gasteiger partial charge in [-0.15, -0.1) is 0 Å². The molecule has 2 aromatic rings. The Bertz CT molecular complexity index is 680. The molecule has 1 aliphatic heterocycles. The number of hydrogen-bond donors (Lipinski definition) is 1. The largest absolute Gasteiger partial charge is 0.488 e. The zero-order chi connectivity index (χ0) is 14.7. The maximum Gasteiger partial charge on any atom is 0.269 e. The summed E-state index contributed by atoms with van der Waals surface area (Å²) in [5.41, 5.74) is 5.30. The summed E-state index contributed by atoms with van der Waals surface area (Å²) in [7, 11) is 1.81. The normalized spacial score (nSPS) is 12.7. The average molecular weight is 280 g/mol. The van der Waals surface area contributed by atoms with Crippen LogP contribution in [0.4, 0.5) is 5.69 Å². The summed E-state index contributed by atoms with van der Waals surface area (Å²) in [5, 5.41) is 1.70. The van der Waals surface area contributed by atoms with Gasteiger partial charge in [0.05, 0.1) is 11.3 Å². The van der Waals surface area contributed by atoms with E-state index in [0.717, 1.165) is 17.0 Å². The monoisotopic (exact) mass is 280 g/mol. The van der Waals surface area contributed by atoms with E-state index in [2.05, 4.69) is 5.43 Å². The van der Waals surface area contributed by atoms with Crippen molar-refractivity contribution in [3.8, 4) is 5.75 Å². The molecule has 0 saturated heterocycles. The highest BCUT2D eigenvalue weighted by Gasteiger charge is 2.17. The molecule has 0 spiro atoms. The van der Waals surface area contributed by atoms with Crippen LogP contribution in [0.2, 0.25) is 0 Å². The minimum atomic E-state index is -0.157. The summed E-state index contributed by atoms with van der Waals surface area (Å²) in [6.45, 7) is 0.283. The molecule has 0 unspecified atom stereocenters. The van der Waals surface area contributed by atoms with E-state index in [1.807, 2.05) is 67.7 Å². The lowest BCUT2D eigenvalue weighted by Gasteiger charge is -2.23. The van der Waals surface area contributed by atoms with Gasteiger partial charge < -0.3 is 4.74 Å². The lowest BCUT2D eigenvalue weighted by Crippen LogP contribution is -2.41. The summed E-state index contributed by atoms with van der Waals surface area (Å²) in [6.07, 6.45) is 1.87. The number of para-hydroxylation sites is 2. The molecule has 0 bridgehead atoms. The number of benzene rings is 2. The molecule has 0 fully saturated rings. The van der Waals surface area contributed by atoms with Crippen LogP contribution >= 0.6 is 0 Å². The third kappa shape index (κ3) is 2.89. The minimum absolute atomic E-state index is 0.157. The van der Waals surface area contributed by atoms with Crippen LogP contribution in [0.1, 0.15) is 5.56 Å². The van der Waals surface area contributed by atoms with Crippen molar-refractivity contribution in [2.24, 2.45) is 0 Å². The minimum Gasteiger partial charge on any atom is -0.488 e. The van der Waals surface area contributed by atoms with Crippen LogP contribution in [0.25, 0.3) is 6.08 Å². The van der Waals surface area contributed by atoms with E-state index in [1.54, 1.807) is 5.01 Å². The molecule has 106 valence electrons. The third-order valence-electron chi connectivity index (χ3n) is 3.34. The highest BCUT2D eigenvalue weighted by molar-refractivity contribution is 5.99. The number of nitrogens with one attached hydrogen (secondary N) is 1. The predicted octanol–water partition coefficient (Wildman–Crippen LogP) is 2.63. The van der Waals surface area contributed by atoms with Crippen LogP contribution in [0.3, 0.4) is 0 Å². The summed E-state index contributed by atoms with van der Waals surface area (Å²) in [4.78, 5) is 12.3. The van der Waals surface area contributed by atoms with Gasteiger partial charge in [0.1, 0.15) is 12.4 Å². The Morgan fingerprint density at radius 2 is 1.81 bits per heavy atom. The zero-order valence-electron chi connectivity index (χ0n) is 11.7. The van der Waals surface area contributed by atoms with Crippen molar-refractivity contribution >= 4 is 17.7 Å². The standard InChI is InChI=1S/C17H16N2O2/c1-19(15-8-3-2-4-9-15)18-17(20)14-11-13-7-5-6-10-16(13)21-12-14/h2-11H,12H2,1H3,(H,18,20). The number of rotatable bonds is 3. The second-order valence-electron chi connectivity index (χ2n) is 4.83. The van der Waals surface area contributed by atoms with Gasteiger partial charge in [-0.05, 0) is 24.3 Å². The quantitative estimate of drug-likeness (QED) is 0.879. The van der Waals surface area contributed by atoms with E-state index in [-0.39, 0.29) is 12.5 Å². The number of carbonyl (C=O) groups excluding carboxylic acids is 1. The molecule has 1 N–H and O–H groups in total. The Labute approximate surface area is 123 Å². The molecular weight excluding hydrogens is 264 g/mol. The van der Waals surface area contributed by atoms with Crippen molar-refractivity contribution in [3.63, 3.8) is 0 Å². The van der Waals surface area contributed by atoms with Gasteiger partial charge in [-0.2, -0.15) is 0 Å². The van der Waals surface area contributed by atoms with Crippen LogP contribution in [0, 0.1) is 0 Å². The molecule has 1 amide bonds. The van der Waals surface area contributed by atoms with E-state index in [0.29, 0.717) is 5.57 Å². The Morgan fingerprint density at radius 1 is 1.10 bits per heavy atom. The van der Waals surface area contributed by atoms with E-state index < -0.39 is 0 Å². The van der Waals surface area contributed by atoms with Crippen molar-refractivity contribution in [1.82, 2.24) is 5.43 Å². The summed E-state index contributed by atoms with van der Waals surface area (Å²) < 4.78 is 5.60. The fraction of sp³-hybridized carbons (Fsp3) is 0.118. The number of nitrogens with zero attached hydrogens (tertiary/aromatic N) is 1. The molecule has 0 saturated carbocycles. The Balaban J connectivity index is 1.74. The molecule has 3 rings (SSSR count). The number of hydrazine groups is 1. The first-order valence-corrected chi connectivity index (χ1v) is 6.76. The lowest BCUT2D eigenvalue weighted by molar-refractivity contribution is -0.117. The number of anilines is 1. The third-order valence-corrected chi connectivity index (χ3v) is 3.34. The fourth-order valence-corrected chi connectivity index (χ4v) is 2.19. The fourth-order valence-electron chi connectivity index (χ4n) is 2.19. The van der Waals surface area contributed by atoms with Crippen LogP contribution in [-0.4, -0.2) is 19.6 Å². The second-order valence-corrected chi connectivity index (χ2v) is 4.83. The van der Waals surface area contributed by atoms with Gasteiger partial charge >= 0.3 is 0 Å². The van der Waals surface area contributed by atoms with Crippen molar-refractivity contribution < 1.29 is 9.53 Å². The molecule has 1 aliphatic rings. The van der Waals surface area contributed by atoms with Crippen molar-refractivity contribution in [2.75, 3.05) is 18.7 Å². The zero-order valence-corrected chi connectivity index (χ0v) is 11.7. The highest BCUT2D eigenvalue weighted by Crippen LogP contribution is 2.25. The SMILES string of the molecule is CN(NC(=O)C1=Cc2ccccc2OC1)c1ccccc1. The average Bonchev–Trinajstić information content (AvgIpc) is 2.55. The molecule has 0 aromatic heterocycles. The first-order chi connectivity index (χ1) is 10.2.